The number of aromatic amines is 1. The molecule has 12 nitrogen and oxygen atoms in total. The number of hydrogen-bond donors (Lipinski definition) is 5. The maximum Gasteiger partial charge on any atom is 0.490 e. The van der Waals surface area contributed by atoms with Gasteiger partial charge in [-0.3, -0.25) is 5.41 Å². The zero-order chi connectivity index (χ0) is 41.0. The number of alkyl halides is 6. The van der Waals surface area contributed by atoms with Crippen LogP contribution in [-0.2, 0) is 16.1 Å². The molecule has 0 aliphatic carbocycles. The molecule has 0 bridgehead atoms. The predicted molar refractivity (Wildman–Crippen MR) is 184 cm³/mol. The number of nitrogens with two attached hydrogens (primary N) is 1. The van der Waals surface area contributed by atoms with E-state index in [1.54, 1.807) is 47.5 Å². The molecule has 294 valence electrons. The van der Waals surface area contributed by atoms with Gasteiger partial charge in [0, 0.05) is 28.9 Å². The fourth-order valence-corrected chi connectivity index (χ4v) is 4.23. The van der Waals surface area contributed by atoms with Crippen LogP contribution < -0.4 is 24.8 Å². The minimum absolute atomic E-state index is 0.0467. The van der Waals surface area contributed by atoms with Crippen LogP contribution in [0.3, 0.4) is 0 Å². The molecular formula is C35H38F7N5O7. The number of benzene rings is 3. The Labute approximate surface area is 304 Å². The van der Waals surface area contributed by atoms with Crippen LogP contribution in [-0.4, -0.2) is 69.1 Å². The number of hydrogen-bond acceptors (Lipinski definition) is 8. The molecule has 0 atom stereocenters. The van der Waals surface area contributed by atoms with Crippen molar-refractivity contribution in [2.24, 2.45) is 5.73 Å². The van der Waals surface area contributed by atoms with Crippen LogP contribution in [0.4, 0.5) is 42.1 Å². The Morgan fingerprint density at radius 1 is 0.889 bits per heavy atom. The average Bonchev–Trinajstić information content (AvgIpc) is 3.53. The van der Waals surface area contributed by atoms with Gasteiger partial charge in [-0.2, -0.15) is 26.3 Å². The summed E-state index contributed by atoms with van der Waals surface area (Å²) in [5.74, 6) is -4.10. The molecule has 4 rings (SSSR count). The van der Waals surface area contributed by atoms with Crippen LogP contribution in [0.1, 0.15) is 46.0 Å². The van der Waals surface area contributed by atoms with Gasteiger partial charge in [-0.05, 0) is 71.0 Å². The number of carboxylic acids is 2. The molecule has 1 aromatic heterocycles. The van der Waals surface area contributed by atoms with Crippen molar-refractivity contribution in [3.63, 3.8) is 0 Å². The highest BCUT2D eigenvalue weighted by molar-refractivity contribution is 5.95. The summed E-state index contributed by atoms with van der Waals surface area (Å²) in [5.41, 5.74) is 8.91. The number of nitrogens with one attached hydrogen (secondary N) is 2. The Hall–Kier alpha value is -6.01. The molecule has 0 aliphatic rings. The largest absolute Gasteiger partial charge is 0.494 e. The molecule has 0 amide bonds. The number of nitrogen functional groups attached to an aromatic ring is 1. The summed E-state index contributed by atoms with van der Waals surface area (Å²) in [6.07, 6.45) is -8.59. The number of nitrogens with zero attached hydrogens (tertiary/aromatic N) is 2. The molecule has 0 unspecified atom stereocenters. The summed E-state index contributed by atoms with van der Waals surface area (Å²) in [4.78, 5) is 27.5. The molecule has 0 saturated carbocycles. The number of aliphatic carboxylic acids is 2. The van der Waals surface area contributed by atoms with E-state index < -0.39 is 30.1 Å². The van der Waals surface area contributed by atoms with Gasteiger partial charge in [0.15, 0.2) is 11.6 Å². The summed E-state index contributed by atoms with van der Waals surface area (Å²) in [6.45, 7) is 10.2. The summed E-state index contributed by atoms with van der Waals surface area (Å²) >= 11 is 0. The van der Waals surface area contributed by atoms with E-state index in [1.165, 1.54) is 0 Å². The Morgan fingerprint density at radius 3 is 1.93 bits per heavy atom. The van der Waals surface area contributed by atoms with E-state index in [0.29, 0.717) is 29.4 Å². The first-order valence-electron chi connectivity index (χ1n) is 15.8. The molecule has 4 aromatic rings. The summed E-state index contributed by atoms with van der Waals surface area (Å²) < 4.78 is 96.9. The van der Waals surface area contributed by atoms with Crippen molar-refractivity contribution < 1.29 is 64.7 Å². The first kappa shape index (κ1) is 44.2. The highest BCUT2D eigenvalue weighted by atomic mass is 19.4. The maximum atomic E-state index is 16.0. The van der Waals surface area contributed by atoms with E-state index in [1.807, 2.05) is 58.9 Å². The molecule has 6 N–H and O–H groups in total. The maximum absolute atomic E-state index is 16.0. The molecule has 0 fully saturated rings. The monoisotopic (exact) mass is 773 g/mol. The average molecular weight is 774 g/mol. The standard InChI is InChI=1S/C31H36FN5O3.2C2HF3O2/c1-6-38-25-15-27(30(32)28(16-25)40-20(4)5)37(23-12-10-21(11-13-23)31(33)34)18-29-35-17-26(36-29)22-8-7-9-24(14-22)39-19(2)3;2*3-2(4,5)1(6)7/h7-17,19-20H,6,18H2,1-5H3,(H3,33,34)(H,35,36);2*(H,6,7). The van der Waals surface area contributed by atoms with Crippen LogP contribution in [0.25, 0.3) is 11.3 Å². The van der Waals surface area contributed by atoms with E-state index in [-0.39, 0.29) is 36.0 Å². The van der Waals surface area contributed by atoms with Crippen molar-refractivity contribution in [3.05, 3.63) is 84.1 Å². The number of anilines is 2. The van der Waals surface area contributed by atoms with Gasteiger partial charge in [-0.1, -0.05) is 12.1 Å². The lowest BCUT2D eigenvalue weighted by Gasteiger charge is -2.26. The van der Waals surface area contributed by atoms with E-state index in [9.17, 15) is 26.3 Å². The predicted octanol–water partition coefficient (Wildman–Crippen LogP) is 8.08. The zero-order valence-electron chi connectivity index (χ0n) is 29.5. The van der Waals surface area contributed by atoms with Crippen LogP contribution in [0, 0.1) is 11.2 Å². The van der Waals surface area contributed by atoms with Gasteiger partial charge in [0.25, 0.3) is 0 Å². The van der Waals surface area contributed by atoms with Gasteiger partial charge >= 0.3 is 24.3 Å². The van der Waals surface area contributed by atoms with E-state index >= 15 is 4.39 Å². The van der Waals surface area contributed by atoms with Gasteiger partial charge in [-0.25, -0.2) is 19.0 Å². The Bertz CT molecular complexity index is 1840. The molecule has 54 heavy (non-hydrogen) atoms. The Balaban J connectivity index is 0.000000610. The van der Waals surface area contributed by atoms with Crippen molar-refractivity contribution in [1.29, 1.82) is 5.41 Å². The molecule has 19 heteroatoms. The third kappa shape index (κ3) is 13.8. The molecular weight excluding hydrogens is 735 g/mol. The minimum atomic E-state index is -5.08. The number of imidazole rings is 1. The van der Waals surface area contributed by atoms with Crippen LogP contribution in [0.5, 0.6) is 17.2 Å². The van der Waals surface area contributed by atoms with Crippen molar-refractivity contribution in [2.75, 3.05) is 11.5 Å². The van der Waals surface area contributed by atoms with Crippen LogP contribution in [0.2, 0.25) is 0 Å². The van der Waals surface area contributed by atoms with E-state index in [0.717, 1.165) is 17.0 Å². The van der Waals surface area contributed by atoms with Crippen molar-refractivity contribution in [3.8, 4) is 28.5 Å². The smallest absolute Gasteiger partial charge is 0.490 e. The summed E-state index contributed by atoms with van der Waals surface area (Å²) in [7, 11) is 0. The number of carboxylic acid groups (broad SMARTS) is 2. The van der Waals surface area contributed by atoms with Gasteiger partial charge in [0.1, 0.15) is 23.2 Å². The number of carbonyl (C=O) groups is 2. The third-order valence-corrected chi connectivity index (χ3v) is 6.39. The molecule has 0 aliphatic heterocycles. The lowest BCUT2D eigenvalue weighted by Crippen LogP contribution is -2.21. The van der Waals surface area contributed by atoms with Gasteiger partial charge in [0.05, 0.1) is 42.9 Å². The summed E-state index contributed by atoms with van der Waals surface area (Å²) in [5, 5.41) is 22.0. The van der Waals surface area contributed by atoms with Crippen LogP contribution >= 0.6 is 0 Å². The number of rotatable bonds is 12. The van der Waals surface area contributed by atoms with E-state index in [2.05, 4.69) is 9.97 Å². The van der Waals surface area contributed by atoms with Crippen LogP contribution in [0.15, 0.2) is 66.9 Å². The Morgan fingerprint density at radius 2 is 1.44 bits per heavy atom. The number of amidine groups is 1. The second-order valence-corrected chi connectivity index (χ2v) is 11.4. The van der Waals surface area contributed by atoms with E-state index in [4.69, 9.17) is 45.2 Å². The van der Waals surface area contributed by atoms with Gasteiger partial charge in [-0.15, -0.1) is 0 Å². The third-order valence-electron chi connectivity index (χ3n) is 6.39. The van der Waals surface area contributed by atoms with Crippen molar-refractivity contribution in [1.82, 2.24) is 9.97 Å². The second kappa shape index (κ2) is 19.2. The first-order chi connectivity index (χ1) is 25.0. The lowest BCUT2D eigenvalue weighted by atomic mass is 10.1. The first-order valence-corrected chi connectivity index (χ1v) is 15.8. The molecule has 0 radical (unpaired) electrons. The normalized spacial score (nSPS) is 11.1. The minimum Gasteiger partial charge on any atom is -0.494 e. The second-order valence-electron chi connectivity index (χ2n) is 11.4. The molecule has 0 spiro atoms. The van der Waals surface area contributed by atoms with Gasteiger partial charge < -0.3 is 40.0 Å². The van der Waals surface area contributed by atoms with Gasteiger partial charge in [0.2, 0.25) is 0 Å². The fourth-order valence-electron chi connectivity index (χ4n) is 4.23. The number of ether oxygens (including phenoxy) is 3. The fraction of sp³-hybridized carbons (Fsp3) is 0.314. The number of aromatic nitrogens is 2. The molecule has 3 aromatic carbocycles. The van der Waals surface area contributed by atoms with Crippen molar-refractivity contribution in [2.45, 2.75) is 65.7 Å². The topological polar surface area (TPSA) is 184 Å². The Kier molecular flexibility index (Phi) is 15.7. The number of halogens is 7. The zero-order valence-corrected chi connectivity index (χ0v) is 29.5. The summed E-state index contributed by atoms with van der Waals surface area (Å²) in [6, 6.07) is 18.0. The molecule has 1 heterocycles. The number of H-pyrrole nitrogens is 1. The molecule has 0 saturated heterocycles. The lowest BCUT2D eigenvalue weighted by molar-refractivity contribution is -0.193. The quantitative estimate of drug-likeness (QED) is 0.0536. The highest BCUT2D eigenvalue weighted by Crippen LogP contribution is 2.38. The van der Waals surface area contributed by atoms with Crippen molar-refractivity contribution >= 4 is 29.1 Å². The highest BCUT2D eigenvalue weighted by Gasteiger charge is 2.39. The SMILES string of the molecule is CCOc1cc(OC(C)C)c(F)c(N(Cc2ncc(-c3cccc(OC(C)C)c3)[nH]2)c2ccc(C(=N)N)cc2)c1.O=C(O)C(F)(F)F.O=C(O)C(F)(F)F.